The van der Waals surface area contributed by atoms with Crippen LogP contribution in [0.25, 0.3) is 5.69 Å². The number of halogens is 1. The van der Waals surface area contributed by atoms with Crippen LogP contribution in [0.1, 0.15) is 9.67 Å². The molecule has 0 aliphatic heterocycles. The lowest BCUT2D eigenvalue weighted by atomic mass is 10.2. The van der Waals surface area contributed by atoms with Gasteiger partial charge in [-0.05, 0) is 35.7 Å². The Morgan fingerprint density at radius 3 is 2.90 bits per heavy atom. The fraction of sp³-hybridized carbons (Fsp3) is 0. The summed E-state index contributed by atoms with van der Waals surface area (Å²) in [4.78, 5) is 12.8. The van der Waals surface area contributed by atoms with Crippen LogP contribution in [0.2, 0.25) is 5.02 Å². The summed E-state index contributed by atoms with van der Waals surface area (Å²) >= 11 is 7.40. The van der Waals surface area contributed by atoms with E-state index in [1.807, 2.05) is 29.8 Å². The molecule has 3 rings (SSSR count). The van der Waals surface area contributed by atoms with Crippen LogP contribution >= 0.6 is 22.9 Å². The van der Waals surface area contributed by atoms with Gasteiger partial charge >= 0.3 is 0 Å². The highest BCUT2D eigenvalue weighted by Gasteiger charge is 2.11. The minimum absolute atomic E-state index is 0.157. The monoisotopic (exact) mass is 303 g/mol. The van der Waals surface area contributed by atoms with Crippen molar-refractivity contribution < 1.29 is 4.79 Å². The maximum absolute atomic E-state index is 12.1. The highest BCUT2D eigenvalue weighted by molar-refractivity contribution is 7.12. The maximum Gasteiger partial charge on any atom is 0.265 e. The molecule has 0 saturated heterocycles. The number of rotatable bonds is 3. The van der Waals surface area contributed by atoms with Crippen molar-refractivity contribution >= 4 is 34.5 Å². The molecule has 0 atom stereocenters. The zero-order valence-corrected chi connectivity index (χ0v) is 11.9. The van der Waals surface area contributed by atoms with E-state index in [0.29, 0.717) is 15.6 Å². The average molecular weight is 304 g/mol. The molecular weight excluding hydrogens is 294 g/mol. The van der Waals surface area contributed by atoms with Gasteiger partial charge in [0.05, 0.1) is 16.3 Å². The summed E-state index contributed by atoms with van der Waals surface area (Å²) in [6.45, 7) is 0. The summed E-state index contributed by atoms with van der Waals surface area (Å²) < 4.78 is 1.68. The fourth-order valence-electron chi connectivity index (χ4n) is 1.81. The lowest BCUT2D eigenvalue weighted by molar-refractivity contribution is 0.103. The summed E-state index contributed by atoms with van der Waals surface area (Å²) in [5.41, 5.74) is 1.39. The number of anilines is 1. The summed E-state index contributed by atoms with van der Waals surface area (Å²) in [6.07, 6.45) is 3.49. The van der Waals surface area contributed by atoms with E-state index < -0.39 is 0 Å². The molecule has 0 aliphatic carbocycles. The maximum atomic E-state index is 12.1. The standard InChI is InChI=1S/C14H10ClN3OS/c15-10-4-5-12(18-7-2-6-16-18)11(9-10)17-14(19)13-3-1-8-20-13/h1-9H,(H,17,19). The minimum Gasteiger partial charge on any atom is -0.319 e. The molecule has 0 spiro atoms. The molecule has 2 aromatic heterocycles. The molecule has 0 radical (unpaired) electrons. The number of nitrogens with zero attached hydrogens (tertiary/aromatic N) is 2. The van der Waals surface area contributed by atoms with Crippen LogP contribution < -0.4 is 5.32 Å². The van der Waals surface area contributed by atoms with Crippen molar-refractivity contribution in [2.45, 2.75) is 0 Å². The largest absolute Gasteiger partial charge is 0.319 e. The van der Waals surface area contributed by atoms with E-state index in [1.165, 1.54) is 11.3 Å². The Balaban J connectivity index is 1.96. The highest BCUT2D eigenvalue weighted by Crippen LogP contribution is 2.25. The van der Waals surface area contributed by atoms with E-state index in [9.17, 15) is 4.79 Å². The van der Waals surface area contributed by atoms with Crippen molar-refractivity contribution in [3.8, 4) is 5.69 Å². The molecule has 2 heterocycles. The van der Waals surface area contributed by atoms with Crippen LogP contribution in [0.5, 0.6) is 0 Å². The van der Waals surface area contributed by atoms with Crippen molar-refractivity contribution in [2.75, 3.05) is 5.32 Å². The third-order valence-corrected chi connectivity index (χ3v) is 3.81. The molecule has 6 heteroatoms. The number of carbonyl (C=O) groups is 1. The van der Waals surface area contributed by atoms with E-state index in [1.54, 1.807) is 29.1 Å². The highest BCUT2D eigenvalue weighted by atomic mass is 35.5. The van der Waals surface area contributed by atoms with Crippen LogP contribution in [0.15, 0.2) is 54.2 Å². The van der Waals surface area contributed by atoms with E-state index in [0.717, 1.165) is 5.69 Å². The van der Waals surface area contributed by atoms with Crippen molar-refractivity contribution in [1.29, 1.82) is 0 Å². The van der Waals surface area contributed by atoms with Gasteiger partial charge in [-0.15, -0.1) is 11.3 Å². The first kappa shape index (κ1) is 12.9. The van der Waals surface area contributed by atoms with E-state index in [2.05, 4.69) is 10.4 Å². The SMILES string of the molecule is O=C(Nc1cc(Cl)ccc1-n1cccn1)c1cccs1. The summed E-state index contributed by atoms with van der Waals surface area (Å²) in [5.74, 6) is -0.157. The summed E-state index contributed by atoms with van der Waals surface area (Å²) in [6, 6.07) is 10.7. The molecule has 100 valence electrons. The predicted molar refractivity (Wildman–Crippen MR) is 80.8 cm³/mol. The first-order chi connectivity index (χ1) is 9.74. The predicted octanol–water partition coefficient (Wildman–Crippen LogP) is 3.84. The third kappa shape index (κ3) is 2.59. The summed E-state index contributed by atoms with van der Waals surface area (Å²) in [5, 5.41) is 9.46. The Morgan fingerprint density at radius 2 is 2.20 bits per heavy atom. The molecule has 1 N–H and O–H groups in total. The molecule has 0 bridgehead atoms. The van der Waals surface area contributed by atoms with Crippen LogP contribution in [0.4, 0.5) is 5.69 Å². The van der Waals surface area contributed by atoms with Crippen LogP contribution in [0.3, 0.4) is 0 Å². The Labute approximate surface area is 124 Å². The third-order valence-electron chi connectivity index (χ3n) is 2.70. The Hall–Kier alpha value is -2.11. The quantitative estimate of drug-likeness (QED) is 0.799. The van der Waals surface area contributed by atoms with E-state index in [-0.39, 0.29) is 5.91 Å². The second kappa shape index (κ2) is 5.48. The first-order valence-corrected chi connectivity index (χ1v) is 7.14. The molecule has 4 nitrogen and oxygen atoms in total. The van der Waals surface area contributed by atoms with Crippen LogP contribution in [0, 0.1) is 0 Å². The van der Waals surface area contributed by atoms with Crippen molar-refractivity contribution in [3.05, 3.63) is 64.1 Å². The number of amides is 1. The number of aromatic nitrogens is 2. The molecule has 0 fully saturated rings. The van der Waals surface area contributed by atoms with Crippen LogP contribution in [-0.4, -0.2) is 15.7 Å². The van der Waals surface area contributed by atoms with E-state index >= 15 is 0 Å². The van der Waals surface area contributed by atoms with Gasteiger partial charge in [0.1, 0.15) is 0 Å². The average Bonchev–Trinajstić information content (AvgIpc) is 3.12. The smallest absolute Gasteiger partial charge is 0.265 e. The molecule has 0 aliphatic rings. The second-order valence-electron chi connectivity index (χ2n) is 4.04. The van der Waals surface area contributed by atoms with Gasteiger partial charge < -0.3 is 5.32 Å². The van der Waals surface area contributed by atoms with Crippen molar-refractivity contribution in [2.24, 2.45) is 0 Å². The van der Waals surface area contributed by atoms with Gasteiger partial charge in [0, 0.05) is 17.4 Å². The zero-order valence-electron chi connectivity index (χ0n) is 10.3. The lowest BCUT2D eigenvalue weighted by Crippen LogP contribution is -2.12. The van der Waals surface area contributed by atoms with Gasteiger partial charge in [0.15, 0.2) is 0 Å². The molecule has 0 saturated carbocycles. The van der Waals surface area contributed by atoms with E-state index in [4.69, 9.17) is 11.6 Å². The molecular formula is C14H10ClN3OS. The van der Waals surface area contributed by atoms with Gasteiger partial charge in [0.25, 0.3) is 5.91 Å². The number of hydrogen-bond acceptors (Lipinski definition) is 3. The number of carbonyl (C=O) groups excluding carboxylic acids is 1. The van der Waals surface area contributed by atoms with Gasteiger partial charge in [-0.25, -0.2) is 4.68 Å². The normalized spacial score (nSPS) is 10.4. The van der Waals surface area contributed by atoms with Crippen molar-refractivity contribution in [1.82, 2.24) is 9.78 Å². The van der Waals surface area contributed by atoms with Crippen molar-refractivity contribution in [3.63, 3.8) is 0 Å². The number of benzene rings is 1. The Kier molecular flexibility index (Phi) is 3.54. The molecule has 3 aromatic rings. The number of nitrogens with one attached hydrogen (secondary N) is 1. The lowest BCUT2D eigenvalue weighted by Gasteiger charge is -2.11. The van der Waals surface area contributed by atoms with Gasteiger partial charge in [-0.3, -0.25) is 4.79 Å². The van der Waals surface area contributed by atoms with Gasteiger partial charge in [-0.2, -0.15) is 5.10 Å². The number of hydrogen-bond donors (Lipinski definition) is 1. The molecule has 1 aromatic carbocycles. The van der Waals surface area contributed by atoms with Crippen LogP contribution in [-0.2, 0) is 0 Å². The topological polar surface area (TPSA) is 46.9 Å². The Bertz CT molecular complexity index is 723. The molecule has 20 heavy (non-hydrogen) atoms. The first-order valence-electron chi connectivity index (χ1n) is 5.88. The van der Waals surface area contributed by atoms with Gasteiger partial charge in [-0.1, -0.05) is 17.7 Å². The zero-order chi connectivity index (χ0) is 13.9. The summed E-state index contributed by atoms with van der Waals surface area (Å²) in [7, 11) is 0. The molecule has 0 unspecified atom stereocenters. The second-order valence-corrected chi connectivity index (χ2v) is 5.43. The number of thiophene rings is 1. The van der Waals surface area contributed by atoms with Gasteiger partial charge in [0.2, 0.25) is 0 Å². The minimum atomic E-state index is -0.157. The Morgan fingerprint density at radius 1 is 1.30 bits per heavy atom. The fourth-order valence-corrected chi connectivity index (χ4v) is 2.60. The molecule has 1 amide bonds.